The molecule has 2 aliphatic heterocycles. The Morgan fingerprint density at radius 2 is 1.63 bits per heavy atom. The molecule has 1 unspecified atom stereocenters. The summed E-state index contributed by atoms with van der Waals surface area (Å²) < 4.78 is 13.3. The molecule has 0 aliphatic carbocycles. The molecule has 0 saturated carbocycles. The monoisotopic (exact) mass is 454 g/mol. The van der Waals surface area contributed by atoms with Crippen molar-refractivity contribution in [3.63, 3.8) is 0 Å². The van der Waals surface area contributed by atoms with Crippen molar-refractivity contribution in [2.75, 3.05) is 13.1 Å². The van der Waals surface area contributed by atoms with Crippen molar-refractivity contribution >= 4 is 36.8 Å². The number of hydrogen-bond donors (Lipinski definition) is 2. The summed E-state index contributed by atoms with van der Waals surface area (Å²) in [5.74, 6) is -0.496. The molecule has 9 heteroatoms. The van der Waals surface area contributed by atoms with Gasteiger partial charge in [0.1, 0.15) is 11.4 Å². The molecule has 0 radical (unpaired) electrons. The Hall–Kier alpha value is -2.22. The lowest BCUT2D eigenvalue weighted by atomic mass is 9.74. The maximum absolute atomic E-state index is 13.5. The molecule has 3 heterocycles. The molecule has 1 aromatic heterocycles. The lowest BCUT2D eigenvalue weighted by molar-refractivity contribution is -0.134. The highest BCUT2D eigenvalue weighted by molar-refractivity contribution is 6.07. The summed E-state index contributed by atoms with van der Waals surface area (Å²) in [6.45, 7) is 1.83. The van der Waals surface area contributed by atoms with E-state index < -0.39 is 5.54 Å². The molecular formula is C21H25Cl2FN4O2. The largest absolute Gasteiger partial charge is 0.325 e. The quantitative estimate of drug-likeness (QED) is 0.680. The van der Waals surface area contributed by atoms with Crippen LogP contribution in [0.2, 0.25) is 0 Å². The molecule has 2 saturated heterocycles. The Morgan fingerprint density at radius 3 is 2.27 bits per heavy atom. The summed E-state index contributed by atoms with van der Waals surface area (Å²) >= 11 is 0. The summed E-state index contributed by atoms with van der Waals surface area (Å²) in [6, 6.07) is 9.37. The van der Waals surface area contributed by atoms with Crippen LogP contribution in [0.25, 0.3) is 0 Å². The zero-order valence-electron chi connectivity index (χ0n) is 16.3. The minimum Gasteiger partial charge on any atom is -0.322 e. The highest BCUT2D eigenvalue weighted by Gasteiger charge is 2.55. The molecule has 30 heavy (non-hydrogen) atoms. The summed E-state index contributed by atoms with van der Waals surface area (Å²) in [5, 5.41) is 6.33. The number of nitrogens with zero attached hydrogens (tertiary/aromatic N) is 2. The fourth-order valence-corrected chi connectivity index (χ4v) is 4.24. The van der Waals surface area contributed by atoms with E-state index in [2.05, 4.69) is 15.6 Å². The van der Waals surface area contributed by atoms with Crippen LogP contribution in [0.3, 0.4) is 0 Å². The average Bonchev–Trinajstić information content (AvgIpc) is 2.96. The van der Waals surface area contributed by atoms with E-state index in [4.69, 9.17) is 0 Å². The predicted octanol–water partition coefficient (Wildman–Crippen LogP) is 3.10. The molecule has 2 N–H and O–H groups in total. The van der Waals surface area contributed by atoms with E-state index in [1.165, 1.54) is 17.0 Å². The van der Waals surface area contributed by atoms with Crippen LogP contribution < -0.4 is 10.6 Å². The van der Waals surface area contributed by atoms with Crippen LogP contribution in [0.5, 0.6) is 0 Å². The van der Waals surface area contributed by atoms with E-state index in [-0.39, 0.29) is 55.0 Å². The highest BCUT2D eigenvalue weighted by Crippen LogP contribution is 2.35. The Balaban J connectivity index is 0.00000160. The zero-order chi connectivity index (χ0) is 19.6. The summed E-state index contributed by atoms with van der Waals surface area (Å²) in [4.78, 5) is 31.6. The number of hydrogen-bond acceptors (Lipinski definition) is 4. The minimum atomic E-state index is -0.996. The van der Waals surface area contributed by atoms with E-state index in [0.29, 0.717) is 6.42 Å². The van der Waals surface area contributed by atoms with E-state index in [9.17, 15) is 14.0 Å². The first-order chi connectivity index (χ1) is 13.6. The van der Waals surface area contributed by atoms with Gasteiger partial charge in [-0.25, -0.2) is 9.18 Å². The molecule has 0 bridgehead atoms. The van der Waals surface area contributed by atoms with E-state index in [1.54, 1.807) is 36.7 Å². The van der Waals surface area contributed by atoms with Crippen LogP contribution >= 0.6 is 24.8 Å². The predicted molar refractivity (Wildman–Crippen MR) is 116 cm³/mol. The van der Waals surface area contributed by atoms with Crippen LogP contribution in [0.1, 0.15) is 24.0 Å². The average molecular weight is 455 g/mol. The van der Waals surface area contributed by atoms with Gasteiger partial charge in [0.2, 0.25) is 0 Å². The van der Waals surface area contributed by atoms with Crippen molar-refractivity contribution in [2.45, 2.75) is 31.3 Å². The van der Waals surface area contributed by atoms with Crippen molar-refractivity contribution in [3.05, 3.63) is 65.7 Å². The van der Waals surface area contributed by atoms with Gasteiger partial charge >= 0.3 is 6.03 Å². The third kappa shape index (κ3) is 4.74. The molecular weight excluding hydrogens is 430 g/mol. The van der Waals surface area contributed by atoms with Crippen LogP contribution in [0.15, 0.2) is 48.8 Å². The number of benzene rings is 1. The standard InChI is InChI=1S/C21H23FN4O2.2ClH/c22-18-3-1-15(2-4-18)13-21(17-7-11-24-12-8-17)19(27)26(20(28)25-21)14-16-5-9-23-10-6-16;;/h1-6,9-10,17,24H,7-8,11-14H2,(H,25,28);2*1H. The number of imide groups is 1. The molecule has 4 rings (SSSR count). The SMILES string of the molecule is Cl.Cl.O=C1NC(Cc2ccc(F)cc2)(C2CCNCC2)C(=O)N1Cc1ccncc1. The van der Waals surface area contributed by atoms with Gasteiger partial charge in [-0.05, 0) is 67.2 Å². The Morgan fingerprint density at radius 1 is 1.00 bits per heavy atom. The van der Waals surface area contributed by atoms with Gasteiger partial charge in [0.15, 0.2) is 0 Å². The molecule has 1 atom stereocenters. The smallest absolute Gasteiger partial charge is 0.322 e. The van der Waals surface area contributed by atoms with Crippen molar-refractivity contribution in [1.29, 1.82) is 0 Å². The van der Waals surface area contributed by atoms with Gasteiger partial charge in [0.05, 0.1) is 6.54 Å². The fourth-order valence-electron chi connectivity index (χ4n) is 4.24. The second kappa shape index (κ2) is 10.2. The van der Waals surface area contributed by atoms with Crippen LogP contribution in [-0.2, 0) is 17.8 Å². The molecule has 3 amide bonds. The molecule has 2 aromatic rings. The van der Waals surface area contributed by atoms with Gasteiger partial charge < -0.3 is 10.6 Å². The second-order valence-electron chi connectivity index (χ2n) is 7.48. The lowest BCUT2D eigenvalue weighted by Gasteiger charge is -2.38. The number of amides is 3. The van der Waals surface area contributed by atoms with Gasteiger partial charge in [0, 0.05) is 18.8 Å². The Bertz CT molecular complexity index is 863. The van der Waals surface area contributed by atoms with Crippen LogP contribution in [0.4, 0.5) is 9.18 Å². The molecule has 162 valence electrons. The van der Waals surface area contributed by atoms with E-state index >= 15 is 0 Å². The first kappa shape index (κ1) is 24.1. The van der Waals surface area contributed by atoms with E-state index in [1.807, 2.05) is 0 Å². The van der Waals surface area contributed by atoms with E-state index in [0.717, 1.165) is 37.1 Å². The third-order valence-corrected chi connectivity index (χ3v) is 5.72. The zero-order valence-corrected chi connectivity index (χ0v) is 18.0. The number of rotatable bonds is 5. The molecule has 1 aromatic carbocycles. The normalized spacial score (nSPS) is 21.6. The van der Waals surface area contributed by atoms with Crippen molar-refractivity contribution < 1.29 is 14.0 Å². The number of halogens is 3. The van der Waals surface area contributed by atoms with Gasteiger partial charge in [0.25, 0.3) is 5.91 Å². The van der Waals surface area contributed by atoms with Crippen LogP contribution in [0, 0.1) is 11.7 Å². The van der Waals surface area contributed by atoms with Crippen LogP contribution in [-0.4, -0.2) is 40.5 Å². The van der Waals surface area contributed by atoms with Crippen molar-refractivity contribution in [2.24, 2.45) is 5.92 Å². The van der Waals surface area contributed by atoms with Gasteiger partial charge in [-0.3, -0.25) is 14.7 Å². The summed E-state index contributed by atoms with van der Waals surface area (Å²) in [7, 11) is 0. The third-order valence-electron chi connectivity index (χ3n) is 5.72. The number of carbonyl (C=O) groups is 2. The highest BCUT2D eigenvalue weighted by atomic mass is 35.5. The van der Waals surface area contributed by atoms with Crippen molar-refractivity contribution in [1.82, 2.24) is 20.5 Å². The first-order valence-electron chi connectivity index (χ1n) is 9.57. The molecule has 0 spiro atoms. The maximum atomic E-state index is 13.5. The topological polar surface area (TPSA) is 74.3 Å². The number of pyridine rings is 1. The Labute approximate surface area is 187 Å². The number of piperidine rings is 1. The lowest BCUT2D eigenvalue weighted by Crippen LogP contribution is -2.57. The second-order valence-corrected chi connectivity index (χ2v) is 7.48. The van der Waals surface area contributed by atoms with Crippen molar-refractivity contribution in [3.8, 4) is 0 Å². The summed E-state index contributed by atoms with van der Waals surface area (Å²) in [6.07, 6.45) is 5.25. The maximum Gasteiger partial charge on any atom is 0.325 e. The fraction of sp³-hybridized carbons (Fsp3) is 0.381. The Kier molecular flexibility index (Phi) is 8.18. The number of aromatic nitrogens is 1. The number of urea groups is 1. The minimum absolute atomic E-state index is 0. The molecule has 2 aliphatic rings. The van der Waals surface area contributed by atoms with Gasteiger partial charge in [-0.1, -0.05) is 12.1 Å². The molecule has 6 nitrogen and oxygen atoms in total. The van der Waals surface area contributed by atoms with Gasteiger partial charge in [-0.15, -0.1) is 24.8 Å². The summed E-state index contributed by atoms with van der Waals surface area (Å²) in [5.41, 5.74) is 0.685. The first-order valence-corrected chi connectivity index (χ1v) is 9.57. The van der Waals surface area contributed by atoms with Gasteiger partial charge in [-0.2, -0.15) is 0 Å². The number of carbonyl (C=O) groups excluding carboxylic acids is 2. The number of nitrogens with one attached hydrogen (secondary N) is 2. The molecule has 2 fully saturated rings.